The van der Waals surface area contributed by atoms with Gasteiger partial charge in [-0.05, 0) is 48.3 Å². The van der Waals surface area contributed by atoms with Crippen LogP contribution in [0, 0.1) is 6.85 Å². The lowest BCUT2D eigenvalue weighted by molar-refractivity contribution is -0.137. The Bertz CT molecular complexity index is 896. The van der Waals surface area contributed by atoms with Crippen LogP contribution < -0.4 is 10.5 Å². The molecule has 8 heteroatoms. The smallest absolute Gasteiger partial charge is 0.381 e. The predicted octanol–water partition coefficient (Wildman–Crippen LogP) is 3.27. The highest BCUT2D eigenvalue weighted by atomic mass is 32.2. The Balaban J connectivity index is 2.23. The van der Waals surface area contributed by atoms with E-state index in [1.807, 2.05) is 0 Å². The van der Waals surface area contributed by atoms with Gasteiger partial charge < -0.3 is 5.32 Å². The molecule has 2 rings (SSSR count). The van der Waals surface area contributed by atoms with Crippen molar-refractivity contribution < 1.29 is 25.7 Å². The molecule has 2 aromatic rings. The van der Waals surface area contributed by atoms with Gasteiger partial charge in [0.15, 0.2) is 0 Å². The van der Waals surface area contributed by atoms with E-state index in [1.54, 1.807) is 0 Å². The summed E-state index contributed by atoms with van der Waals surface area (Å²) in [4.78, 5) is -0.502. The predicted molar refractivity (Wildman–Crippen MR) is 81.3 cm³/mol. The summed E-state index contributed by atoms with van der Waals surface area (Å²) >= 11 is 0. The van der Waals surface area contributed by atoms with Crippen LogP contribution in [0.25, 0.3) is 0 Å². The third-order valence-corrected chi connectivity index (χ3v) is 4.03. The average molecular weight is 347 g/mol. The van der Waals surface area contributed by atoms with E-state index in [0.29, 0.717) is 11.3 Å². The standard InChI is InChI=1S/C15H15F3N2O2S/c1-10-8-13(6-7-14(10)23(19,21)22)20-9-11-2-4-12(5-3-11)15(16,17)18/h2-8,20H,9H2,1H3,(H2,19,21,22)/i1D3. The molecular weight excluding hydrogens is 329 g/mol. The van der Waals surface area contributed by atoms with Gasteiger partial charge in [-0.1, -0.05) is 12.1 Å². The molecule has 0 saturated carbocycles. The van der Waals surface area contributed by atoms with Gasteiger partial charge in [-0.2, -0.15) is 13.2 Å². The summed E-state index contributed by atoms with van der Waals surface area (Å²) in [6.07, 6.45) is -4.43. The fourth-order valence-corrected chi connectivity index (χ4v) is 2.53. The van der Waals surface area contributed by atoms with Crippen molar-refractivity contribution in [2.75, 3.05) is 5.32 Å². The highest BCUT2D eigenvalue weighted by Gasteiger charge is 2.29. The molecule has 23 heavy (non-hydrogen) atoms. The zero-order valence-electron chi connectivity index (χ0n) is 14.7. The molecule has 0 bridgehead atoms. The number of alkyl halides is 3. The van der Waals surface area contributed by atoms with E-state index < -0.39 is 39.1 Å². The van der Waals surface area contributed by atoms with Crippen LogP contribution in [0.15, 0.2) is 47.4 Å². The number of nitrogens with two attached hydrogens (primary N) is 1. The summed E-state index contributed by atoms with van der Waals surface area (Å²) in [7, 11) is -4.21. The van der Waals surface area contributed by atoms with Crippen molar-refractivity contribution in [2.45, 2.75) is 24.5 Å². The van der Waals surface area contributed by atoms with Gasteiger partial charge >= 0.3 is 6.18 Å². The van der Waals surface area contributed by atoms with E-state index in [4.69, 9.17) is 9.25 Å². The number of aryl methyl sites for hydroxylation is 1. The van der Waals surface area contributed by atoms with Crippen molar-refractivity contribution in [3.05, 3.63) is 59.2 Å². The largest absolute Gasteiger partial charge is 0.416 e. The van der Waals surface area contributed by atoms with Crippen molar-refractivity contribution in [2.24, 2.45) is 5.14 Å². The molecule has 0 aliphatic rings. The third-order valence-electron chi connectivity index (χ3n) is 3.06. The molecule has 0 aliphatic carbocycles. The molecule has 124 valence electrons. The Morgan fingerprint density at radius 1 is 1.17 bits per heavy atom. The molecule has 4 nitrogen and oxygen atoms in total. The molecule has 3 N–H and O–H groups in total. The quantitative estimate of drug-likeness (QED) is 0.892. The van der Waals surface area contributed by atoms with Gasteiger partial charge in [-0.3, -0.25) is 0 Å². The zero-order valence-corrected chi connectivity index (χ0v) is 12.5. The molecule has 0 unspecified atom stereocenters. The zero-order chi connectivity index (χ0) is 19.8. The fourth-order valence-electron chi connectivity index (χ4n) is 1.90. The first kappa shape index (κ1) is 13.4. The SMILES string of the molecule is [2H]C([2H])([2H])c1cc(NCc2ccc(C(F)(F)F)cc2)ccc1S(N)(=O)=O. The number of hydrogen-bond acceptors (Lipinski definition) is 3. The van der Waals surface area contributed by atoms with E-state index in [0.717, 1.165) is 24.3 Å². The van der Waals surface area contributed by atoms with Gasteiger partial charge in [0.1, 0.15) is 0 Å². The lowest BCUT2D eigenvalue weighted by Gasteiger charge is -2.11. The first-order valence-electron chi connectivity index (χ1n) is 7.86. The molecule has 0 fully saturated rings. The molecule has 0 atom stereocenters. The molecule has 0 aromatic heterocycles. The fraction of sp³-hybridized carbons (Fsp3) is 0.200. The lowest BCUT2D eigenvalue weighted by atomic mass is 10.1. The Morgan fingerprint density at radius 2 is 1.83 bits per heavy atom. The van der Waals surface area contributed by atoms with Gasteiger partial charge in [-0.25, -0.2) is 13.6 Å². The van der Waals surface area contributed by atoms with Gasteiger partial charge in [-0.15, -0.1) is 0 Å². The number of hydrogen-bond donors (Lipinski definition) is 2. The van der Waals surface area contributed by atoms with Crippen LogP contribution in [-0.2, 0) is 22.7 Å². The maximum absolute atomic E-state index is 12.5. The number of primary sulfonamides is 1. The minimum atomic E-state index is -4.43. The van der Waals surface area contributed by atoms with E-state index in [1.165, 1.54) is 18.2 Å². The highest BCUT2D eigenvalue weighted by molar-refractivity contribution is 7.89. The van der Waals surface area contributed by atoms with Crippen LogP contribution in [-0.4, -0.2) is 8.42 Å². The van der Waals surface area contributed by atoms with Gasteiger partial charge in [0.25, 0.3) is 0 Å². The first-order valence-corrected chi connectivity index (χ1v) is 7.90. The van der Waals surface area contributed by atoms with E-state index in [2.05, 4.69) is 5.32 Å². The molecule has 0 saturated heterocycles. The van der Waals surface area contributed by atoms with Gasteiger partial charge in [0.2, 0.25) is 10.0 Å². The topological polar surface area (TPSA) is 72.2 Å². The van der Waals surface area contributed by atoms with E-state index in [-0.39, 0.29) is 6.54 Å². The summed E-state index contributed by atoms with van der Waals surface area (Å²) in [5.74, 6) is 0. The summed E-state index contributed by atoms with van der Waals surface area (Å²) in [6, 6.07) is 8.00. The van der Waals surface area contributed by atoms with Crippen LogP contribution in [0.4, 0.5) is 18.9 Å². The molecule has 0 heterocycles. The highest BCUT2D eigenvalue weighted by Crippen LogP contribution is 2.29. The molecular formula is C15H15F3N2O2S. The van der Waals surface area contributed by atoms with E-state index in [9.17, 15) is 21.6 Å². The molecule has 2 aromatic carbocycles. The molecule has 0 aliphatic heterocycles. The molecule has 0 amide bonds. The number of nitrogens with one attached hydrogen (secondary N) is 1. The second kappa shape index (κ2) is 6.21. The summed E-state index contributed by atoms with van der Waals surface area (Å²) < 4.78 is 83.0. The summed E-state index contributed by atoms with van der Waals surface area (Å²) in [5.41, 5.74) is -0.381. The average Bonchev–Trinajstić information content (AvgIpc) is 2.50. The van der Waals surface area contributed by atoms with Crippen LogP contribution in [0.2, 0.25) is 0 Å². The van der Waals surface area contributed by atoms with Crippen molar-refractivity contribution in [1.82, 2.24) is 0 Å². The Kier molecular flexibility index (Phi) is 3.61. The maximum atomic E-state index is 12.5. The number of benzene rings is 2. The minimum Gasteiger partial charge on any atom is -0.381 e. The summed E-state index contributed by atoms with van der Waals surface area (Å²) in [6.45, 7) is -2.58. The number of anilines is 1. The van der Waals surface area contributed by atoms with Crippen LogP contribution in [0.3, 0.4) is 0 Å². The van der Waals surface area contributed by atoms with Crippen molar-refractivity contribution in [3.8, 4) is 0 Å². The van der Waals surface area contributed by atoms with Gasteiger partial charge in [0.05, 0.1) is 10.5 Å². The lowest BCUT2D eigenvalue weighted by Crippen LogP contribution is -2.13. The summed E-state index contributed by atoms with van der Waals surface area (Å²) in [5, 5.41) is 7.87. The normalized spacial score (nSPS) is 14.7. The number of halogens is 3. The Hall–Kier alpha value is -2.06. The van der Waals surface area contributed by atoms with Crippen molar-refractivity contribution >= 4 is 15.7 Å². The second-order valence-electron chi connectivity index (χ2n) is 4.80. The third kappa shape index (κ3) is 4.46. The van der Waals surface area contributed by atoms with Crippen LogP contribution in [0.1, 0.15) is 20.8 Å². The second-order valence-corrected chi connectivity index (χ2v) is 6.33. The van der Waals surface area contributed by atoms with Crippen LogP contribution >= 0.6 is 0 Å². The number of rotatable bonds is 4. The minimum absolute atomic E-state index is 0.118. The van der Waals surface area contributed by atoms with E-state index >= 15 is 0 Å². The Labute approximate surface area is 136 Å². The monoisotopic (exact) mass is 347 g/mol. The maximum Gasteiger partial charge on any atom is 0.416 e. The molecule has 0 radical (unpaired) electrons. The first-order chi connectivity index (χ1) is 11.8. The number of sulfonamides is 1. The van der Waals surface area contributed by atoms with Crippen molar-refractivity contribution in [1.29, 1.82) is 0 Å². The molecule has 0 spiro atoms. The van der Waals surface area contributed by atoms with Crippen LogP contribution in [0.5, 0.6) is 0 Å². The van der Waals surface area contributed by atoms with Gasteiger partial charge in [0, 0.05) is 16.3 Å². The Morgan fingerprint density at radius 3 is 2.35 bits per heavy atom. The van der Waals surface area contributed by atoms with Crippen molar-refractivity contribution in [3.63, 3.8) is 0 Å².